The zero-order valence-corrected chi connectivity index (χ0v) is 8.04. The Kier molecular flexibility index (Phi) is 3.78. The van der Waals surface area contributed by atoms with Gasteiger partial charge in [-0.2, -0.15) is 8.75 Å². The van der Waals surface area contributed by atoms with Crippen LogP contribution in [0.5, 0.6) is 0 Å². The Morgan fingerprint density at radius 2 is 2.62 bits per heavy atom. The van der Waals surface area contributed by atoms with Gasteiger partial charge in [0.15, 0.2) is 5.69 Å². The van der Waals surface area contributed by atoms with Gasteiger partial charge in [0.25, 0.3) is 5.91 Å². The van der Waals surface area contributed by atoms with Gasteiger partial charge in [0.05, 0.1) is 24.0 Å². The van der Waals surface area contributed by atoms with Crippen molar-refractivity contribution in [1.29, 1.82) is 0 Å². The standard InChI is InChI=1S/C7H11N3O2S/c1-2-5(11)3-8-7(12)6-4-9-13-10-6/h4-5,11H,2-3H2,1H3,(H,8,12). The van der Waals surface area contributed by atoms with Crippen LogP contribution in [0.25, 0.3) is 0 Å². The molecule has 0 spiro atoms. The summed E-state index contributed by atoms with van der Waals surface area (Å²) in [6, 6.07) is 0. The van der Waals surface area contributed by atoms with Crippen molar-refractivity contribution < 1.29 is 9.90 Å². The van der Waals surface area contributed by atoms with Crippen molar-refractivity contribution in [3.8, 4) is 0 Å². The van der Waals surface area contributed by atoms with Crippen LogP contribution in [-0.4, -0.2) is 32.4 Å². The summed E-state index contributed by atoms with van der Waals surface area (Å²) < 4.78 is 7.45. The molecule has 0 aliphatic carbocycles. The molecule has 72 valence electrons. The number of nitrogens with zero attached hydrogens (tertiary/aromatic N) is 2. The number of rotatable bonds is 4. The number of aliphatic hydroxyl groups excluding tert-OH is 1. The fourth-order valence-electron chi connectivity index (χ4n) is 0.710. The molecule has 1 unspecified atom stereocenters. The molecule has 13 heavy (non-hydrogen) atoms. The van der Waals surface area contributed by atoms with E-state index < -0.39 is 6.10 Å². The smallest absolute Gasteiger partial charge is 0.272 e. The van der Waals surface area contributed by atoms with Crippen LogP contribution in [0.1, 0.15) is 23.8 Å². The number of carbonyl (C=O) groups excluding carboxylic acids is 1. The predicted molar refractivity (Wildman–Crippen MR) is 48.5 cm³/mol. The Morgan fingerprint density at radius 1 is 1.85 bits per heavy atom. The van der Waals surface area contributed by atoms with Gasteiger partial charge in [-0.3, -0.25) is 4.79 Å². The Balaban J connectivity index is 2.35. The minimum Gasteiger partial charge on any atom is -0.391 e. The van der Waals surface area contributed by atoms with Gasteiger partial charge >= 0.3 is 0 Å². The van der Waals surface area contributed by atoms with Gasteiger partial charge in [-0.05, 0) is 6.42 Å². The molecule has 2 N–H and O–H groups in total. The third kappa shape index (κ3) is 3.08. The first-order valence-electron chi connectivity index (χ1n) is 3.98. The Morgan fingerprint density at radius 3 is 3.15 bits per heavy atom. The quantitative estimate of drug-likeness (QED) is 0.721. The molecule has 1 aromatic rings. The molecule has 1 heterocycles. The molecule has 0 aromatic carbocycles. The molecule has 1 aromatic heterocycles. The van der Waals surface area contributed by atoms with E-state index in [1.807, 2.05) is 6.92 Å². The van der Waals surface area contributed by atoms with E-state index in [2.05, 4.69) is 14.1 Å². The monoisotopic (exact) mass is 201 g/mol. The molecule has 0 bridgehead atoms. The maximum Gasteiger partial charge on any atom is 0.272 e. The predicted octanol–water partition coefficient (Wildman–Crippen LogP) is 0.0388. The molecular weight excluding hydrogens is 190 g/mol. The zero-order chi connectivity index (χ0) is 9.68. The summed E-state index contributed by atoms with van der Waals surface area (Å²) >= 11 is 0.985. The van der Waals surface area contributed by atoms with E-state index in [-0.39, 0.29) is 12.5 Å². The highest BCUT2D eigenvalue weighted by Crippen LogP contribution is 1.95. The molecular formula is C7H11N3O2S. The number of hydrogen-bond donors (Lipinski definition) is 2. The first-order chi connectivity index (χ1) is 6.24. The first-order valence-corrected chi connectivity index (χ1v) is 4.71. The highest BCUT2D eigenvalue weighted by atomic mass is 32.1. The van der Waals surface area contributed by atoms with Crippen LogP contribution in [0.3, 0.4) is 0 Å². The third-order valence-corrected chi connectivity index (χ3v) is 2.04. The minimum atomic E-state index is -0.490. The van der Waals surface area contributed by atoms with Gasteiger partial charge in [-0.15, -0.1) is 0 Å². The maximum atomic E-state index is 11.2. The fraction of sp³-hybridized carbons (Fsp3) is 0.571. The highest BCUT2D eigenvalue weighted by molar-refractivity contribution is 6.99. The Hall–Kier alpha value is -1.01. The van der Waals surface area contributed by atoms with E-state index in [0.29, 0.717) is 12.1 Å². The largest absolute Gasteiger partial charge is 0.391 e. The lowest BCUT2D eigenvalue weighted by atomic mass is 10.3. The molecule has 6 heteroatoms. The SMILES string of the molecule is CCC(O)CNC(=O)c1cnsn1. The summed E-state index contributed by atoms with van der Waals surface area (Å²) in [5.41, 5.74) is 0.299. The van der Waals surface area contributed by atoms with Crippen molar-refractivity contribution in [3.05, 3.63) is 11.9 Å². The summed E-state index contributed by atoms with van der Waals surface area (Å²) in [4.78, 5) is 11.2. The molecule has 0 aliphatic heterocycles. The summed E-state index contributed by atoms with van der Waals surface area (Å²) in [5, 5.41) is 11.7. The number of carbonyl (C=O) groups is 1. The van der Waals surface area contributed by atoms with Crippen molar-refractivity contribution in [2.24, 2.45) is 0 Å². The van der Waals surface area contributed by atoms with E-state index in [1.54, 1.807) is 0 Å². The topological polar surface area (TPSA) is 75.1 Å². The van der Waals surface area contributed by atoms with Crippen molar-refractivity contribution in [3.63, 3.8) is 0 Å². The van der Waals surface area contributed by atoms with E-state index >= 15 is 0 Å². The van der Waals surface area contributed by atoms with Crippen molar-refractivity contribution in [2.45, 2.75) is 19.4 Å². The van der Waals surface area contributed by atoms with Crippen LogP contribution in [0.15, 0.2) is 6.20 Å². The second-order valence-corrected chi connectivity index (χ2v) is 3.12. The van der Waals surface area contributed by atoms with Crippen LogP contribution in [0, 0.1) is 0 Å². The fourth-order valence-corrected chi connectivity index (χ4v) is 1.12. The summed E-state index contributed by atoms with van der Waals surface area (Å²) in [7, 11) is 0. The second kappa shape index (κ2) is 4.88. The van der Waals surface area contributed by atoms with E-state index in [9.17, 15) is 4.79 Å². The molecule has 0 aliphatic rings. The molecule has 0 saturated heterocycles. The van der Waals surface area contributed by atoms with Crippen LogP contribution in [-0.2, 0) is 0 Å². The average molecular weight is 201 g/mol. The maximum absolute atomic E-state index is 11.2. The first kappa shape index (κ1) is 10.1. The lowest BCUT2D eigenvalue weighted by molar-refractivity contribution is 0.0910. The Bertz CT molecular complexity index is 263. The van der Waals surface area contributed by atoms with Crippen molar-refractivity contribution in [2.75, 3.05) is 6.54 Å². The van der Waals surface area contributed by atoms with E-state index in [0.717, 1.165) is 11.7 Å². The molecule has 5 nitrogen and oxygen atoms in total. The summed E-state index contributed by atoms with van der Waals surface area (Å²) in [5.74, 6) is -0.291. The van der Waals surface area contributed by atoms with Gasteiger partial charge in [-0.1, -0.05) is 6.92 Å². The highest BCUT2D eigenvalue weighted by Gasteiger charge is 2.09. The van der Waals surface area contributed by atoms with Gasteiger partial charge in [0, 0.05) is 6.54 Å². The Labute approximate surface area is 80.1 Å². The van der Waals surface area contributed by atoms with Gasteiger partial charge in [0.1, 0.15) is 0 Å². The number of amides is 1. The summed E-state index contributed by atoms with van der Waals surface area (Å²) in [6.07, 6.45) is 1.53. The molecule has 0 saturated carbocycles. The van der Waals surface area contributed by atoms with Crippen LogP contribution in [0.2, 0.25) is 0 Å². The lowest BCUT2D eigenvalue weighted by Gasteiger charge is -2.07. The minimum absolute atomic E-state index is 0.257. The number of aromatic nitrogens is 2. The number of aliphatic hydroxyl groups is 1. The molecule has 0 radical (unpaired) electrons. The normalized spacial score (nSPS) is 12.5. The number of hydrogen-bond acceptors (Lipinski definition) is 5. The van der Waals surface area contributed by atoms with Crippen molar-refractivity contribution in [1.82, 2.24) is 14.1 Å². The second-order valence-electron chi connectivity index (χ2n) is 2.56. The molecule has 1 amide bonds. The summed E-state index contributed by atoms with van der Waals surface area (Å²) in [6.45, 7) is 2.11. The van der Waals surface area contributed by atoms with Crippen LogP contribution in [0.4, 0.5) is 0 Å². The molecule has 0 fully saturated rings. The third-order valence-electron chi connectivity index (χ3n) is 1.56. The van der Waals surface area contributed by atoms with Crippen molar-refractivity contribution >= 4 is 17.6 Å². The average Bonchev–Trinajstić information content (AvgIpc) is 2.66. The van der Waals surface area contributed by atoms with Crippen LogP contribution < -0.4 is 5.32 Å². The van der Waals surface area contributed by atoms with E-state index in [4.69, 9.17) is 5.11 Å². The van der Waals surface area contributed by atoms with E-state index in [1.165, 1.54) is 6.20 Å². The van der Waals surface area contributed by atoms with Gasteiger partial charge < -0.3 is 10.4 Å². The van der Waals surface area contributed by atoms with Crippen LogP contribution >= 0.6 is 11.7 Å². The van der Waals surface area contributed by atoms with Gasteiger partial charge in [0.2, 0.25) is 0 Å². The lowest BCUT2D eigenvalue weighted by Crippen LogP contribution is -2.31. The van der Waals surface area contributed by atoms with Gasteiger partial charge in [-0.25, -0.2) is 0 Å². The molecule has 1 rings (SSSR count). The number of nitrogens with one attached hydrogen (secondary N) is 1. The zero-order valence-electron chi connectivity index (χ0n) is 7.23. The molecule has 1 atom stereocenters.